The monoisotopic (exact) mass is 307 g/mol. The summed E-state index contributed by atoms with van der Waals surface area (Å²) in [7, 11) is 0. The summed E-state index contributed by atoms with van der Waals surface area (Å²) in [6.45, 7) is 6.79. The molecule has 1 N–H and O–H groups in total. The average Bonchev–Trinajstić information content (AvgIpc) is 2.49. The molecule has 1 aliphatic rings. The summed E-state index contributed by atoms with van der Waals surface area (Å²) in [6.07, 6.45) is 2.54. The van der Waals surface area contributed by atoms with Crippen molar-refractivity contribution in [3.05, 3.63) is 29.8 Å². The van der Waals surface area contributed by atoms with E-state index in [2.05, 4.69) is 36.1 Å². The van der Waals surface area contributed by atoms with E-state index in [-0.39, 0.29) is 0 Å². The molecule has 0 amide bonds. The number of hydrogen-bond acceptors (Lipinski definition) is 3. The third-order valence-corrected chi connectivity index (χ3v) is 5.48. The lowest BCUT2D eigenvalue weighted by Crippen LogP contribution is -2.48. The highest BCUT2D eigenvalue weighted by atomic mass is 32.2. The molecule has 116 valence electrons. The molecule has 0 radical (unpaired) electrons. The van der Waals surface area contributed by atoms with Crippen molar-refractivity contribution >= 4 is 17.7 Å². The van der Waals surface area contributed by atoms with E-state index >= 15 is 0 Å². The van der Waals surface area contributed by atoms with Gasteiger partial charge < -0.3 is 10.0 Å². The lowest BCUT2D eigenvalue weighted by atomic mass is 9.78. The molecule has 1 aliphatic heterocycles. The van der Waals surface area contributed by atoms with Crippen molar-refractivity contribution in [3.8, 4) is 0 Å². The number of likely N-dealkylation sites (tertiary alicyclic amines) is 1. The van der Waals surface area contributed by atoms with E-state index in [0.717, 1.165) is 38.1 Å². The van der Waals surface area contributed by atoms with Crippen LogP contribution in [0.5, 0.6) is 0 Å². The zero-order valence-corrected chi connectivity index (χ0v) is 13.8. The number of hydrogen-bond donors (Lipinski definition) is 1. The van der Waals surface area contributed by atoms with Gasteiger partial charge in [-0.15, -0.1) is 11.8 Å². The number of piperidine rings is 1. The summed E-state index contributed by atoms with van der Waals surface area (Å²) >= 11 is 1.85. The normalized spacial score (nSPS) is 23.1. The highest BCUT2D eigenvalue weighted by Gasteiger charge is 2.40. The van der Waals surface area contributed by atoms with E-state index in [4.69, 9.17) is 0 Å². The summed E-state index contributed by atoms with van der Waals surface area (Å²) in [5, 5.41) is 9.50. The topological polar surface area (TPSA) is 40.5 Å². The molecule has 1 saturated heterocycles. The van der Waals surface area contributed by atoms with Crippen LogP contribution in [0.25, 0.3) is 0 Å². The van der Waals surface area contributed by atoms with E-state index in [1.807, 2.05) is 18.7 Å². The van der Waals surface area contributed by atoms with Crippen molar-refractivity contribution in [2.75, 3.05) is 25.4 Å². The fraction of sp³-hybridized carbons (Fsp3) is 0.588. The van der Waals surface area contributed by atoms with Gasteiger partial charge in [-0.1, -0.05) is 24.6 Å². The van der Waals surface area contributed by atoms with Crippen LogP contribution in [0.15, 0.2) is 29.2 Å². The molecule has 0 aliphatic carbocycles. The predicted molar refractivity (Wildman–Crippen MR) is 87.9 cm³/mol. The maximum atomic E-state index is 11.5. The second-order valence-corrected chi connectivity index (χ2v) is 7.15. The first-order valence-electron chi connectivity index (χ1n) is 7.71. The van der Waals surface area contributed by atoms with Crippen LogP contribution in [0.1, 0.15) is 31.7 Å². The Bertz CT molecular complexity index is 474. The van der Waals surface area contributed by atoms with E-state index < -0.39 is 11.4 Å². The third kappa shape index (κ3) is 4.24. The zero-order valence-electron chi connectivity index (χ0n) is 13.0. The molecular weight excluding hydrogens is 282 g/mol. The summed E-state index contributed by atoms with van der Waals surface area (Å²) in [5.41, 5.74) is 0.761. The molecule has 1 aromatic carbocycles. The molecule has 21 heavy (non-hydrogen) atoms. The molecule has 1 heterocycles. The van der Waals surface area contributed by atoms with Crippen LogP contribution in [0.2, 0.25) is 0 Å². The second-order valence-electron chi connectivity index (χ2n) is 5.98. The fourth-order valence-corrected chi connectivity index (χ4v) is 3.87. The molecule has 3 nitrogen and oxygen atoms in total. The van der Waals surface area contributed by atoms with Gasteiger partial charge >= 0.3 is 5.97 Å². The van der Waals surface area contributed by atoms with Crippen LogP contribution in [0.3, 0.4) is 0 Å². The first kappa shape index (κ1) is 16.4. The van der Waals surface area contributed by atoms with E-state index in [0.29, 0.717) is 6.54 Å². The Morgan fingerprint density at radius 3 is 2.71 bits per heavy atom. The van der Waals surface area contributed by atoms with Gasteiger partial charge in [0.1, 0.15) is 0 Å². The van der Waals surface area contributed by atoms with Gasteiger partial charge in [0.25, 0.3) is 0 Å². The number of carboxylic acids is 1. The van der Waals surface area contributed by atoms with Crippen molar-refractivity contribution < 1.29 is 9.90 Å². The van der Waals surface area contributed by atoms with E-state index in [1.165, 1.54) is 10.5 Å². The lowest BCUT2D eigenvalue weighted by molar-refractivity contribution is -0.152. The second kappa shape index (κ2) is 7.32. The lowest BCUT2D eigenvalue weighted by Gasteiger charge is -2.39. The summed E-state index contributed by atoms with van der Waals surface area (Å²) in [6, 6.07) is 8.58. The zero-order chi connectivity index (χ0) is 15.3. The van der Waals surface area contributed by atoms with Gasteiger partial charge in [-0.3, -0.25) is 4.79 Å². The van der Waals surface area contributed by atoms with Crippen LogP contribution in [-0.4, -0.2) is 41.4 Å². The number of rotatable bonds is 6. The first-order chi connectivity index (χ1) is 10.1. The van der Waals surface area contributed by atoms with Crippen molar-refractivity contribution in [2.45, 2.75) is 38.0 Å². The Hall–Kier alpha value is -1.00. The molecular formula is C17H25NO2S. The number of carbonyl (C=O) groups is 1. The Labute approximate surface area is 131 Å². The SMILES string of the molecule is CCC1(C(=O)O)CCCN(CCSc2ccc(C)cc2)C1. The first-order valence-corrected chi connectivity index (χ1v) is 8.69. The molecule has 1 unspecified atom stereocenters. The number of benzene rings is 1. The van der Waals surface area contributed by atoms with Crippen molar-refractivity contribution in [1.82, 2.24) is 4.90 Å². The van der Waals surface area contributed by atoms with Gasteiger partial charge in [0, 0.05) is 23.7 Å². The summed E-state index contributed by atoms with van der Waals surface area (Å²) < 4.78 is 0. The fourth-order valence-electron chi connectivity index (χ4n) is 2.96. The molecule has 0 spiro atoms. The minimum atomic E-state index is -0.624. The van der Waals surface area contributed by atoms with Crippen LogP contribution >= 0.6 is 11.8 Å². The number of aryl methyl sites for hydroxylation is 1. The number of aliphatic carboxylic acids is 1. The Morgan fingerprint density at radius 2 is 2.10 bits per heavy atom. The van der Waals surface area contributed by atoms with Gasteiger partial charge in [0.05, 0.1) is 5.41 Å². The summed E-state index contributed by atoms with van der Waals surface area (Å²) in [4.78, 5) is 15.2. The molecule has 0 bridgehead atoms. The Kier molecular flexibility index (Phi) is 5.71. The molecule has 1 atom stereocenters. The van der Waals surface area contributed by atoms with Crippen LogP contribution < -0.4 is 0 Å². The highest BCUT2D eigenvalue weighted by Crippen LogP contribution is 2.33. The van der Waals surface area contributed by atoms with Crippen molar-refractivity contribution in [3.63, 3.8) is 0 Å². The van der Waals surface area contributed by atoms with E-state index in [1.54, 1.807) is 0 Å². The van der Waals surface area contributed by atoms with E-state index in [9.17, 15) is 9.90 Å². The third-order valence-electron chi connectivity index (χ3n) is 4.48. The maximum Gasteiger partial charge on any atom is 0.310 e. The predicted octanol–water partition coefficient (Wildman–Crippen LogP) is 3.66. The van der Waals surface area contributed by atoms with Gasteiger partial charge in [0.2, 0.25) is 0 Å². The molecule has 0 saturated carbocycles. The Morgan fingerprint density at radius 1 is 1.38 bits per heavy atom. The number of thioether (sulfide) groups is 1. The number of carboxylic acid groups (broad SMARTS) is 1. The largest absolute Gasteiger partial charge is 0.481 e. The van der Waals surface area contributed by atoms with Crippen LogP contribution in [0.4, 0.5) is 0 Å². The molecule has 1 fully saturated rings. The molecule has 4 heteroatoms. The molecule has 0 aromatic heterocycles. The summed E-state index contributed by atoms with van der Waals surface area (Å²) in [5.74, 6) is 0.392. The van der Waals surface area contributed by atoms with Gasteiger partial charge in [0.15, 0.2) is 0 Å². The average molecular weight is 307 g/mol. The van der Waals surface area contributed by atoms with Gasteiger partial charge in [-0.2, -0.15) is 0 Å². The number of nitrogens with zero attached hydrogens (tertiary/aromatic N) is 1. The minimum Gasteiger partial charge on any atom is -0.481 e. The Balaban J connectivity index is 1.83. The molecule has 1 aromatic rings. The smallest absolute Gasteiger partial charge is 0.310 e. The van der Waals surface area contributed by atoms with Crippen LogP contribution in [-0.2, 0) is 4.79 Å². The minimum absolute atomic E-state index is 0.521. The van der Waals surface area contributed by atoms with Crippen molar-refractivity contribution in [2.24, 2.45) is 5.41 Å². The van der Waals surface area contributed by atoms with Crippen molar-refractivity contribution in [1.29, 1.82) is 0 Å². The quantitative estimate of drug-likeness (QED) is 0.814. The highest BCUT2D eigenvalue weighted by molar-refractivity contribution is 7.99. The van der Waals surface area contributed by atoms with Gasteiger partial charge in [-0.05, 0) is 44.9 Å². The maximum absolute atomic E-state index is 11.5. The van der Waals surface area contributed by atoms with Crippen LogP contribution in [0, 0.1) is 12.3 Å². The standard InChI is InChI=1S/C17H25NO2S/c1-3-17(16(19)20)9-4-10-18(13-17)11-12-21-15-7-5-14(2)6-8-15/h5-8H,3-4,9-13H2,1-2H3,(H,19,20). The van der Waals surface area contributed by atoms with Gasteiger partial charge in [-0.25, -0.2) is 0 Å². The molecule has 2 rings (SSSR count).